The lowest BCUT2D eigenvalue weighted by molar-refractivity contribution is -0.142. The number of carbonyl (C=O) groups is 1. The summed E-state index contributed by atoms with van der Waals surface area (Å²) < 4.78 is 25.6. The molecule has 1 aliphatic heterocycles. The van der Waals surface area contributed by atoms with Gasteiger partial charge in [-0.15, -0.1) is 10.2 Å². The Labute approximate surface area is 249 Å². The fourth-order valence-electron chi connectivity index (χ4n) is 5.22. The quantitative estimate of drug-likeness (QED) is 0.210. The minimum atomic E-state index is -0.524. The summed E-state index contributed by atoms with van der Waals surface area (Å²) in [5.74, 6) is 1.12. The number of tetrazole rings is 1. The number of hydrogen-bond acceptors (Lipinski definition) is 8. The molecule has 1 aliphatic rings. The van der Waals surface area contributed by atoms with Gasteiger partial charge in [0.2, 0.25) is 0 Å². The summed E-state index contributed by atoms with van der Waals surface area (Å²) in [7, 11) is 3.23. The van der Waals surface area contributed by atoms with Gasteiger partial charge < -0.3 is 23.5 Å². The predicted octanol–water partition coefficient (Wildman–Crippen LogP) is 5.91. The molecule has 11 heteroatoms. The lowest BCUT2D eigenvalue weighted by Crippen LogP contribution is -2.15. The molecule has 0 bridgehead atoms. The minimum Gasteiger partial charge on any atom is -0.493 e. The first-order chi connectivity index (χ1) is 20.3. The zero-order valence-corrected chi connectivity index (χ0v) is 25.1. The van der Waals surface area contributed by atoms with Gasteiger partial charge in [0, 0.05) is 28.8 Å². The number of halogens is 1. The van der Waals surface area contributed by atoms with Crippen LogP contribution in [0, 0.1) is 0 Å². The Morgan fingerprint density at radius 3 is 2.69 bits per heavy atom. The van der Waals surface area contributed by atoms with Crippen LogP contribution in [-0.2, 0) is 27.2 Å². The van der Waals surface area contributed by atoms with Crippen LogP contribution >= 0.6 is 11.6 Å². The Hall–Kier alpha value is -4.15. The van der Waals surface area contributed by atoms with Crippen molar-refractivity contribution >= 4 is 23.6 Å². The number of para-hydroxylation sites is 1. The number of ether oxygens (including phenoxy) is 4. The molecule has 0 aliphatic carbocycles. The molecule has 4 aromatic rings. The van der Waals surface area contributed by atoms with Crippen LogP contribution in [0.2, 0.25) is 5.02 Å². The molecule has 2 aromatic carbocycles. The molecule has 0 saturated carbocycles. The number of benzene rings is 2. The second kappa shape index (κ2) is 12.8. The van der Waals surface area contributed by atoms with E-state index in [4.69, 9.17) is 30.5 Å². The van der Waals surface area contributed by atoms with Gasteiger partial charge in [0.25, 0.3) is 0 Å². The molecular weight excluding hydrogens is 558 g/mol. The molecule has 0 spiro atoms. The van der Waals surface area contributed by atoms with Gasteiger partial charge >= 0.3 is 5.97 Å². The zero-order valence-electron chi connectivity index (χ0n) is 24.3. The summed E-state index contributed by atoms with van der Waals surface area (Å²) >= 11 is 6.56. The second-order valence-electron chi connectivity index (χ2n) is 10.2. The largest absolute Gasteiger partial charge is 0.493 e. The van der Waals surface area contributed by atoms with Crippen molar-refractivity contribution in [1.29, 1.82) is 0 Å². The van der Waals surface area contributed by atoms with E-state index in [0.717, 1.165) is 28.1 Å². The average molecular weight is 592 g/mol. The van der Waals surface area contributed by atoms with Crippen LogP contribution < -0.4 is 9.47 Å². The van der Waals surface area contributed by atoms with Crippen molar-refractivity contribution in [2.24, 2.45) is 0 Å². The maximum atomic E-state index is 11.9. The van der Waals surface area contributed by atoms with Gasteiger partial charge in [-0.05, 0) is 61.9 Å². The first kappa shape index (κ1) is 29.3. The fraction of sp³-hybridized carbons (Fsp3) is 0.355. The molecule has 10 nitrogen and oxygen atoms in total. The van der Waals surface area contributed by atoms with Crippen molar-refractivity contribution in [2.75, 3.05) is 20.8 Å². The molecular formula is C31H34ClN5O5. The maximum absolute atomic E-state index is 11.9. The first-order valence-electron chi connectivity index (χ1n) is 13.8. The van der Waals surface area contributed by atoms with E-state index in [1.807, 2.05) is 36.4 Å². The zero-order chi connectivity index (χ0) is 29.8. The van der Waals surface area contributed by atoms with Crippen molar-refractivity contribution in [3.63, 3.8) is 0 Å². The van der Waals surface area contributed by atoms with E-state index in [2.05, 4.69) is 52.2 Å². The molecule has 42 heavy (non-hydrogen) atoms. The number of methoxy groups -OCH3 is 2. The lowest BCUT2D eigenvalue weighted by atomic mass is 9.98. The van der Waals surface area contributed by atoms with Crippen LogP contribution in [0.15, 0.2) is 54.2 Å². The van der Waals surface area contributed by atoms with Gasteiger partial charge in [0.15, 0.2) is 17.3 Å². The number of nitrogens with zero attached hydrogens (tertiary/aromatic N) is 5. The van der Waals surface area contributed by atoms with E-state index >= 15 is 0 Å². The normalized spacial score (nSPS) is 15.8. The molecule has 3 heterocycles. The Kier molecular flexibility index (Phi) is 8.94. The summed E-state index contributed by atoms with van der Waals surface area (Å²) in [6.07, 6.45) is 3.84. The Morgan fingerprint density at radius 2 is 1.95 bits per heavy atom. The standard InChI is InChI=1S/C31H34ClN5O5/c1-6-41-29(38)17-28-33-35-37(34-28)13-12-26-25-15-20(14-19(2)3)18-36(25)24-11-10-21(32)16-23(24)30(42-26)22-8-7-9-27(39-4)31(22)40-5/h7-11,14-16,18,26,30H,6,12-13,17H2,1-5H3. The Balaban J connectivity index is 1.57. The number of aryl methyl sites for hydroxylation is 1. The number of esters is 1. The van der Waals surface area contributed by atoms with Crippen molar-refractivity contribution in [3.05, 3.63) is 87.5 Å². The van der Waals surface area contributed by atoms with Crippen LogP contribution in [0.1, 0.15) is 67.6 Å². The van der Waals surface area contributed by atoms with E-state index in [9.17, 15) is 4.79 Å². The highest BCUT2D eigenvalue weighted by Gasteiger charge is 2.33. The molecule has 220 valence electrons. The van der Waals surface area contributed by atoms with E-state index < -0.39 is 6.10 Å². The van der Waals surface area contributed by atoms with E-state index in [1.165, 1.54) is 10.4 Å². The monoisotopic (exact) mass is 591 g/mol. The summed E-state index contributed by atoms with van der Waals surface area (Å²) in [6, 6.07) is 13.7. The van der Waals surface area contributed by atoms with Gasteiger partial charge in [-0.25, -0.2) is 0 Å². The molecule has 0 saturated heterocycles. The van der Waals surface area contributed by atoms with E-state index in [0.29, 0.717) is 41.9 Å². The molecule has 0 fully saturated rings. The Morgan fingerprint density at radius 1 is 1.12 bits per heavy atom. The van der Waals surface area contributed by atoms with Crippen molar-refractivity contribution in [3.8, 4) is 17.2 Å². The van der Waals surface area contributed by atoms with Gasteiger partial charge in [-0.1, -0.05) is 35.4 Å². The Bertz CT molecular complexity index is 1610. The third-order valence-corrected chi connectivity index (χ3v) is 7.13. The molecule has 0 amide bonds. The summed E-state index contributed by atoms with van der Waals surface area (Å²) in [5, 5.41) is 13.2. The highest BCUT2D eigenvalue weighted by atomic mass is 35.5. The van der Waals surface area contributed by atoms with Crippen LogP contribution in [0.4, 0.5) is 0 Å². The third kappa shape index (κ3) is 6.19. The van der Waals surface area contributed by atoms with Crippen molar-refractivity contribution < 1.29 is 23.7 Å². The summed E-state index contributed by atoms with van der Waals surface area (Å²) in [5.41, 5.74) is 5.89. The van der Waals surface area contributed by atoms with E-state index in [1.54, 1.807) is 21.1 Å². The predicted molar refractivity (Wildman–Crippen MR) is 158 cm³/mol. The second-order valence-corrected chi connectivity index (χ2v) is 10.6. The number of rotatable bonds is 10. The highest BCUT2D eigenvalue weighted by Crippen LogP contribution is 2.46. The van der Waals surface area contributed by atoms with Crippen LogP contribution in [0.3, 0.4) is 0 Å². The molecule has 0 radical (unpaired) electrons. The molecule has 5 rings (SSSR count). The average Bonchev–Trinajstić information content (AvgIpc) is 3.56. The van der Waals surface area contributed by atoms with Gasteiger partial charge in [-0.3, -0.25) is 4.79 Å². The topological polar surface area (TPSA) is 103 Å². The smallest absolute Gasteiger partial charge is 0.313 e. The molecule has 2 atom stereocenters. The summed E-state index contributed by atoms with van der Waals surface area (Å²) in [6.45, 7) is 6.60. The summed E-state index contributed by atoms with van der Waals surface area (Å²) in [4.78, 5) is 13.4. The van der Waals surface area contributed by atoms with E-state index in [-0.39, 0.29) is 18.5 Å². The maximum Gasteiger partial charge on any atom is 0.313 e. The third-order valence-electron chi connectivity index (χ3n) is 6.90. The highest BCUT2D eigenvalue weighted by molar-refractivity contribution is 6.30. The van der Waals surface area contributed by atoms with Gasteiger partial charge in [0.1, 0.15) is 18.6 Å². The molecule has 2 unspecified atom stereocenters. The first-order valence-corrected chi connectivity index (χ1v) is 14.1. The van der Waals surface area contributed by atoms with Crippen LogP contribution in [0.5, 0.6) is 11.5 Å². The number of fused-ring (bicyclic) bond motifs is 3. The van der Waals surface area contributed by atoms with Crippen molar-refractivity contribution in [2.45, 2.75) is 52.4 Å². The van der Waals surface area contributed by atoms with Gasteiger partial charge in [-0.2, -0.15) is 4.80 Å². The SMILES string of the molecule is CCOC(=O)Cc1nnn(CCC2OC(c3cccc(OC)c3OC)c3cc(Cl)ccc3-n3cc(C=C(C)C)cc32)n1. The molecule has 2 aromatic heterocycles. The number of aromatic nitrogens is 5. The number of carbonyl (C=O) groups excluding carboxylic acids is 1. The fourth-order valence-corrected chi connectivity index (χ4v) is 5.40. The van der Waals surface area contributed by atoms with Crippen molar-refractivity contribution in [1.82, 2.24) is 24.8 Å². The number of hydrogen-bond donors (Lipinski definition) is 0. The van der Waals surface area contributed by atoms with Crippen LogP contribution in [0.25, 0.3) is 11.8 Å². The lowest BCUT2D eigenvalue weighted by Gasteiger charge is -2.25. The van der Waals surface area contributed by atoms with Gasteiger partial charge in [0.05, 0.1) is 38.8 Å². The van der Waals surface area contributed by atoms with Crippen LogP contribution in [-0.4, -0.2) is 51.6 Å². The minimum absolute atomic E-state index is 0.0313. The number of allylic oxidation sites excluding steroid dienone is 1. The molecule has 0 N–H and O–H groups in total.